The molecule has 3 heterocycles. The number of Topliss-reactive ketones (excluding diaryl/α,β-unsaturated/α-hetero) is 1. The molecule has 1 aliphatic heterocycles. The third-order valence-electron chi connectivity index (χ3n) is 4.94. The zero-order chi connectivity index (χ0) is 17.8. The molecule has 1 saturated heterocycles. The number of ketones is 1. The predicted molar refractivity (Wildman–Crippen MR) is 100 cm³/mol. The van der Waals surface area contributed by atoms with Crippen LogP contribution >= 0.6 is 0 Å². The zero-order valence-electron chi connectivity index (χ0n) is 14.7. The maximum absolute atomic E-state index is 12.7. The summed E-state index contributed by atoms with van der Waals surface area (Å²) in [7, 11) is 0. The van der Waals surface area contributed by atoms with Gasteiger partial charge >= 0.3 is 0 Å². The van der Waals surface area contributed by atoms with E-state index in [1.54, 1.807) is 18.7 Å². The second-order valence-corrected chi connectivity index (χ2v) is 6.79. The van der Waals surface area contributed by atoms with Gasteiger partial charge in [-0.15, -0.1) is 0 Å². The quantitative estimate of drug-likeness (QED) is 0.665. The fourth-order valence-electron chi connectivity index (χ4n) is 3.57. The summed E-state index contributed by atoms with van der Waals surface area (Å²) in [5.41, 5.74) is 2.96. The Hall–Kier alpha value is -2.79. The molecule has 1 aliphatic rings. The highest BCUT2D eigenvalue weighted by atomic mass is 16.1. The van der Waals surface area contributed by atoms with Crippen LogP contribution in [0.15, 0.2) is 67.4 Å². The normalized spacial score (nSPS) is 17.9. The van der Waals surface area contributed by atoms with Gasteiger partial charge < -0.3 is 4.57 Å². The first-order chi connectivity index (χ1) is 12.8. The van der Waals surface area contributed by atoms with E-state index >= 15 is 0 Å². The van der Waals surface area contributed by atoms with Gasteiger partial charge in [-0.25, -0.2) is 4.98 Å². The van der Waals surface area contributed by atoms with Crippen molar-refractivity contribution in [2.75, 3.05) is 13.1 Å². The third-order valence-corrected chi connectivity index (χ3v) is 4.94. The summed E-state index contributed by atoms with van der Waals surface area (Å²) in [5.74, 6) is 0.217. The molecule has 0 aliphatic carbocycles. The molecule has 4 rings (SSSR count). The van der Waals surface area contributed by atoms with Gasteiger partial charge in [0.2, 0.25) is 0 Å². The number of benzene rings is 1. The van der Waals surface area contributed by atoms with Gasteiger partial charge in [-0.3, -0.25) is 14.7 Å². The Balaban J connectivity index is 1.40. The van der Waals surface area contributed by atoms with Gasteiger partial charge in [0.15, 0.2) is 5.78 Å². The first-order valence-corrected chi connectivity index (χ1v) is 9.04. The Labute approximate surface area is 153 Å². The minimum absolute atomic E-state index is 0.0453. The van der Waals surface area contributed by atoms with Crippen LogP contribution < -0.4 is 0 Å². The molecule has 5 nitrogen and oxygen atoms in total. The van der Waals surface area contributed by atoms with Gasteiger partial charge in [0.25, 0.3) is 0 Å². The van der Waals surface area contributed by atoms with E-state index in [4.69, 9.17) is 0 Å². The number of piperidine rings is 1. The van der Waals surface area contributed by atoms with Gasteiger partial charge in [0, 0.05) is 43.3 Å². The lowest BCUT2D eigenvalue weighted by atomic mass is 9.91. The monoisotopic (exact) mass is 346 g/mol. The van der Waals surface area contributed by atoms with Crippen molar-refractivity contribution in [3.8, 4) is 5.69 Å². The molecular weight excluding hydrogens is 324 g/mol. The summed E-state index contributed by atoms with van der Waals surface area (Å²) >= 11 is 0. The van der Waals surface area contributed by atoms with Gasteiger partial charge in [0.1, 0.15) is 5.69 Å². The molecule has 132 valence electrons. The molecule has 3 aromatic rings. The summed E-state index contributed by atoms with van der Waals surface area (Å²) in [4.78, 5) is 23.4. The number of carbonyl (C=O) groups excluding carboxylic acids is 1. The Morgan fingerprint density at radius 3 is 2.73 bits per heavy atom. The molecule has 2 aromatic heterocycles. The van der Waals surface area contributed by atoms with Crippen LogP contribution in [0.3, 0.4) is 0 Å². The van der Waals surface area contributed by atoms with Crippen molar-refractivity contribution in [2.45, 2.75) is 19.4 Å². The van der Waals surface area contributed by atoms with E-state index in [0.717, 1.165) is 38.2 Å². The lowest BCUT2D eigenvalue weighted by molar-refractivity contribution is 0.0806. The van der Waals surface area contributed by atoms with Crippen molar-refractivity contribution in [3.63, 3.8) is 0 Å². The van der Waals surface area contributed by atoms with E-state index in [1.807, 2.05) is 29.0 Å². The van der Waals surface area contributed by atoms with Gasteiger partial charge in [-0.2, -0.15) is 0 Å². The van der Waals surface area contributed by atoms with E-state index < -0.39 is 0 Å². The van der Waals surface area contributed by atoms with E-state index in [0.29, 0.717) is 5.69 Å². The van der Waals surface area contributed by atoms with Crippen LogP contribution in [0.5, 0.6) is 0 Å². The van der Waals surface area contributed by atoms with Crippen molar-refractivity contribution in [3.05, 3.63) is 78.6 Å². The number of hydrogen-bond acceptors (Lipinski definition) is 4. The number of hydrogen-bond donors (Lipinski definition) is 0. The molecule has 26 heavy (non-hydrogen) atoms. The van der Waals surface area contributed by atoms with E-state index in [1.165, 1.54) is 5.56 Å². The summed E-state index contributed by atoms with van der Waals surface area (Å²) in [6, 6.07) is 14.1. The molecule has 1 unspecified atom stereocenters. The highest BCUT2D eigenvalue weighted by Crippen LogP contribution is 2.22. The third kappa shape index (κ3) is 3.73. The summed E-state index contributed by atoms with van der Waals surface area (Å²) in [6.07, 6.45) is 9.21. The molecule has 0 radical (unpaired) electrons. The van der Waals surface area contributed by atoms with Crippen LogP contribution in [0, 0.1) is 5.92 Å². The van der Waals surface area contributed by atoms with Crippen LogP contribution in [0.25, 0.3) is 5.69 Å². The maximum Gasteiger partial charge on any atom is 0.185 e. The first kappa shape index (κ1) is 16.7. The largest absolute Gasteiger partial charge is 0.306 e. The van der Waals surface area contributed by atoms with Crippen molar-refractivity contribution < 1.29 is 4.79 Å². The highest BCUT2D eigenvalue weighted by Gasteiger charge is 2.27. The molecule has 0 bridgehead atoms. The molecule has 0 saturated carbocycles. The zero-order valence-corrected chi connectivity index (χ0v) is 14.7. The minimum atomic E-state index is 0.0453. The smallest absolute Gasteiger partial charge is 0.185 e. The number of pyridine rings is 1. The van der Waals surface area contributed by atoms with Crippen LogP contribution in [0.4, 0.5) is 0 Å². The Bertz CT molecular complexity index is 843. The minimum Gasteiger partial charge on any atom is -0.306 e. The van der Waals surface area contributed by atoms with E-state index in [-0.39, 0.29) is 11.7 Å². The number of imidazole rings is 1. The van der Waals surface area contributed by atoms with Gasteiger partial charge in [-0.1, -0.05) is 18.2 Å². The first-order valence-electron chi connectivity index (χ1n) is 9.04. The molecule has 1 fully saturated rings. The van der Waals surface area contributed by atoms with Crippen molar-refractivity contribution in [1.29, 1.82) is 0 Å². The molecule has 1 atom stereocenters. The second-order valence-electron chi connectivity index (χ2n) is 6.79. The number of likely N-dealkylation sites (tertiary alicyclic amines) is 1. The topological polar surface area (TPSA) is 51.0 Å². The molecular formula is C21H22N4O. The number of nitrogens with zero attached hydrogens (tertiary/aromatic N) is 4. The van der Waals surface area contributed by atoms with Crippen LogP contribution in [-0.2, 0) is 6.54 Å². The Kier molecular flexibility index (Phi) is 4.88. The maximum atomic E-state index is 12.7. The summed E-state index contributed by atoms with van der Waals surface area (Å²) in [5, 5.41) is 0. The fraction of sp³-hybridized carbons (Fsp3) is 0.286. The summed E-state index contributed by atoms with van der Waals surface area (Å²) < 4.78 is 1.99. The standard InChI is InChI=1S/C21H22N4O/c26-21(20-5-1-2-10-23-20)18-4-3-12-24(15-18)14-17-6-8-19(9-7-17)25-13-11-22-16-25/h1-2,5-11,13,16,18H,3-4,12,14-15H2. The highest BCUT2D eigenvalue weighted by molar-refractivity contribution is 5.96. The lowest BCUT2D eigenvalue weighted by Crippen LogP contribution is -2.38. The van der Waals surface area contributed by atoms with Crippen molar-refractivity contribution in [1.82, 2.24) is 19.4 Å². The number of rotatable bonds is 5. The van der Waals surface area contributed by atoms with Crippen LogP contribution in [0.1, 0.15) is 28.9 Å². The summed E-state index contributed by atoms with van der Waals surface area (Å²) in [6.45, 7) is 2.71. The lowest BCUT2D eigenvalue weighted by Gasteiger charge is -2.31. The SMILES string of the molecule is O=C(c1ccccn1)C1CCCN(Cc2ccc(-n3ccnc3)cc2)C1. The van der Waals surface area contributed by atoms with Crippen molar-refractivity contribution in [2.24, 2.45) is 5.92 Å². The second kappa shape index (κ2) is 7.62. The van der Waals surface area contributed by atoms with Crippen LogP contribution in [0.2, 0.25) is 0 Å². The van der Waals surface area contributed by atoms with Crippen LogP contribution in [-0.4, -0.2) is 38.3 Å². The Morgan fingerprint density at radius 2 is 2.00 bits per heavy atom. The van der Waals surface area contributed by atoms with Gasteiger partial charge in [0.05, 0.1) is 6.33 Å². The molecule has 0 N–H and O–H groups in total. The average molecular weight is 346 g/mol. The van der Waals surface area contributed by atoms with E-state index in [2.05, 4.69) is 39.1 Å². The molecule has 0 spiro atoms. The number of carbonyl (C=O) groups is 1. The fourth-order valence-corrected chi connectivity index (χ4v) is 3.57. The number of aromatic nitrogens is 3. The Morgan fingerprint density at radius 1 is 1.12 bits per heavy atom. The molecule has 5 heteroatoms. The van der Waals surface area contributed by atoms with Gasteiger partial charge in [-0.05, 0) is 49.2 Å². The molecule has 0 amide bonds. The van der Waals surface area contributed by atoms with Crippen molar-refractivity contribution >= 4 is 5.78 Å². The molecule has 1 aromatic carbocycles. The predicted octanol–water partition coefficient (Wildman–Crippen LogP) is 3.36. The van der Waals surface area contributed by atoms with E-state index in [9.17, 15) is 4.79 Å². The average Bonchev–Trinajstić information content (AvgIpc) is 3.24.